The average Bonchev–Trinajstić information content (AvgIpc) is 2.03. The smallest absolute Gasteiger partial charge is 0.0720 e. The van der Waals surface area contributed by atoms with E-state index in [4.69, 9.17) is 23.2 Å². The predicted octanol–water partition coefficient (Wildman–Crippen LogP) is 3.51. The van der Waals surface area contributed by atoms with E-state index in [0.717, 1.165) is 5.56 Å². The van der Waals surface area contributed by atoms with E-state index in [1.54, 1.807) is 0 Å². The van der Waals surface area contributed by atoms with Crippen LogP contribution in [0.5, 0.6) is 0 Å². The molecule has 60 valence electrons. The maximum atomic E-state index is 5.93. The van der Waals surface area contributed by atoms with Crippen LogP contribution in [-0.2, 0) is 0 Å². The Morgan fingerprint density at radius 1 is 1.45 bits per heavy atom. The standard InChI is InChI=1S/C9H10Cl2/c1-7-3-2-4-8(5-7)9(11)6-10/h2-5,9H,6H2,1H3. The number of hydrogen-bond donors (Lipinski definition) is 0. The Bertz CT molecular complexity index is 233. The van der Waals surface area contributed by atoms with Crippen molar-refractivity contribution in [3.8, 4) is 0 Å². The van der Waals surface area contributed by atoms with Crippen molar-refractivity contribution in [2.24, 2.45) is 0 Å². The van der Waals surface area contributed by atoms with Gasteiger partial charge in [-0.15, -0.1) is 23.2 Å². The van der Waals surface area contributed by atoms with Crippen LogP contribution in [0.3, 0.4) is 0 Å². The van der Waals surface area contributed by atoms with Crippen LogP contribution >= 0.6 is 23.2 Å². The molecular formula is C9H10Cl2. The third-order valence-electron chi connectivity index (χ3n) is 1.54. The molecule has 0 bridgehead atoms. The first-order valence-electron chi connectivity index (χ1n) is 3.50. The molecule has 0 saturated carbocycles. The third-order valence-corrected chi connectivity index (χ3v) is 2.41. The van der Waals surface area contributed by atoms with Crippen molar-refractivity contribution < 1.29 is 0 Å². The van der Waals surface area contributed by atoms with Crippen LogP contribution < -0.4 is 0 Å². The molecule has 0 amide bonds. The van der Waals surface area contributed by atoms with Gasteiger partial charge in [-0.1, -0.05) is 29.8 Å². The van der Waals surface area contributed by atoms with Gasteiger partial charge in [0.15, 0.2) is 0 Å². The molecule has 0 aromatic heterocycles. The Hall–Kier alpha value is -0.200. The van der Waals surface area contributed by atoms with Gasteiger partial charge in [-0.2, -0.15) is 0 Å². The van der Waals surface area contributed by atoms with Gasteiger partial charge in [0, 0.05) is 5.88 Å². The number of halogens is 2. The maximum Gasteiger partial charge on any atom is 0.0720 e. The molecule has 1 aromatic carbocycles. The highest BCUT2D eigenvalue weighted by Gasteiger charge is 2.04. The predicted molar refractivity (Wildman–Crippen MR) is 50.5 cm³/mol. The SMILES string of the molecule is Cc1cccc(C(Cl)CCl)c1. The summed E-state index contributed by atoms with van der Waals surface area (Å²) in [5.74, 6) is 0.463. The van der Waals surface area contributed by atoms with Crippen LogP contribution in [0.15, 0.2) is 24.3 Å². The van der Waals surface area contributed by atoms with Gasteiger partial charge >= 0.3 is 0 Å². The van der Waals surface area contributed by atoms with E-state index >= 15 is 0 Å². The van der Waals surface area contributed by atoms with E-state index in [2.05, 4.69) is 6.07 Å². The first-order valence-corrected chi connectivity index (χ1v) is 4.47. The zero-order chi connectivity index (χ0) is 8.27. The molecule has 0 fully saturated rings. The molecule has 2 heteroatoms. The van der Waals surface area contributed by atoms with E-state index in [9.17, 15) is 0 Å². The summed E-state index contributed by atoms with van der Waals surface area (Å²) < 4.78 is 0. The fourth-order valence-corrected chi connectivity index (χ4v) is 1.27. The van der Waals surface area contributed by atoms with Crippen molar-refractivity contribution in [2.45, 2.75) is 12.3 Å². The number of aryl methyl sites for hydroxylation is 1. The van der Waals surface area contributed by atoms with Gasteiger partial charge in [-0.05, 0) is 12.5 Å². The first kappa shape index (κ1) is 8.89. The summed E-state index contributed by atoms with van der Waals surface area (Å²) in [5, 5.41) is -0.0587. The van der Waals surface area contributed by atoms with Crippen LogP contribution in [-0.4, -0.2) is 5.88 Å². The summed E-state index contributed by atoms with van der Waals surface area (Å²) in [6.07, 6.45) is 0. The van der Waals surface area contributed by atoms with Gasteiger partial charge in [0.25, 0.3) is 0 Å². The summed E-state index contributed by atoms with van der Waals surface area (Å²) in [5.41, 5.74) is 2.32. The van der Waals surface area contributed by atoms with Crippen molar-refractivity contribution in [3.63, 3.8) is 0 Å². The lowest BCUT2D eigenvalue weighted by molar-refractivity contribution is 1.09. The summed E-state index contributed by atoms with van der Waals surface area (Å²) >= 11 is 11.5. The highest BCUT2D eigenvalue weighted by molar-refractivity contribution is 6.28. The highest BCUT2D eigenvalue weighted by Crippen LogP contribution is 2.21. The summed E-state index contributed by atoms with van der Waals surface area (Å²) in [4.78, 5) is 0. The second kappa shape index (κ2) is 3.99. The minimum absolute atomic E-state index is 0.0587. The lowest BCUT2D eigenvalue weighted by Gasteiger charge is -2.05. The molecule has 0 radical (unpaired) electrons. The third kappa shape index (κ3) is 2.39. The van der Waals surface area contributed by atoms with Crippen LogP contribution in [0.4, 0.5) is 0 Å². The van der Waals surface area contributed by atoms with E-state index in [0.29, 0.717) is 5.88 Å². The zero-order valence-electron chi connectivity index (χ0n) is 6.35. The van der Waals surface area contributed by atoms with E-state index in [1.807, 2.05) is 25.1 Å². The molecule has 0 nitrogen and oxygen atoms in total. The molecule has 0 aliphatic carbocycles. The topological polar surface area (TPSA) is 0 Å². The largest absolute Gasteiger partial charge is 0.125 e. The highest BCUT2D eigenvalue weighted by atomic mass is 35.5. The van der Waals surface area contributed by atoms with Crippen molar-refractivity contribution in [2.75, 3.05) is 5.88 Å². The second-order valence-corrected chi connectivity index (χ2v) is 3.37. The fourth-order valence-electron chi connectivity index (χ4n) is 0.954. The molecule has 1 atom stereocenters. The monoisotopic (exact) mass is 188 g/mol. The Labute approximate surface area is 77.1 Å². The van der Waals surface area contributed by atoms with E-state index in [1.165, 1.54) is 5.56 Å². The lowest BCUT2D eigenvalue weighted by atomic mass is 10.1. The Balaban J connectivity index is 2.86. The Kier molecular flexibility index (Phi) is 3.22. The van der Waals surface area contributed by atoms with Crippen molar-refractivity contribution in [1.29, 1.82) is 0 Å². The van der Waals surface area contributed by atoms with Crippen LogP contribution in [0.25, 0.3) is 0 Å². The number of alkyl halides is 2. The molecule has 0 saturated heterocycles. The van der Waals surface area contributed by atoms with Gasteiger partial charge in [-0.3, -0.25) is 0 Å². The van der Waals surface area contributed by atoms with Crippen molar-refractivity contribution >= 4 is 23.2 Å². The van der Waals surface area contributed by atoms with Gasteiger partial charge in [0.2, 0.25) is 0 Å². The molecule has 1 rings (SSSR count). The fraction of sp³-hybridized carbons (Fsp3) is 0.333. The summed E-state index contributed by atoms with van der Waals surface area (Å²) in [7, 11) is 0. The molecule has 11 heavy (non-hydrogen) atoms. The van der Waals surface area contributed by atoms with Crippen molar-refractivity contribution in [3.05, 3.63) is 35.4 Å². The second-order valence-electron chi connectivity index (χ2n) is 2.54. The molecule has 0 aliphatic heterocycles. The number of hydrogen-bond acceptors (Lipinski definition) is 0. The van der Waals surface area contributed by atoms with E-state index in [-0.39, 0.29) is 5.38 Å². The number of benzene rings is 1. The van der Waals surface area contributed by atoms with Crippen LogP contribution in [0.1, 0.15) is 16.5 Å². The average molecular weight is 189 g/mol. The maximum absolute atomic E-state index is 5.93. The first-order chi connectivity index (χ1) is 5.24. The quantitative estimate of drug-likeness (QED) is 0.624. The van der Waals surface area contributed by atoms with Gasteiger partial charge in [0.05, 0.1) is 5.38 Å². The minimum Gasteiger partial charge on any atom is -0.125 e. The number of rotatable bonds is 2. The normalized spacial score (nSPS) is 13.0. The Morgan fingerprint density at radius 3 is 2.73 bits per heavy atom. The molecule has 0 heterocycles. The van der Waals surface area contributed by atoms with E-state index < -0.39 is 0 Å². The van der Waals surface area contributed by atoms with Crippen LogP contribution in [0.2, 0.25) is 0 Å². The van der Waals surface area contributed by atoms with Crippen molar-refractivity contribution in [1.82, 2.24) is 0 Å². The minimum atomic E-state index is -0.0587. The molecule has 0 N–H and O–H groups in total. The molecular weight excluding hydrogens is 179 g/mol. The van der Waals surface area contributed by atoms with Gasteiger partial charge in [0.1, 0.15) is 0 Å². The van der Waals surface area contributed by atoms with Crippen LogP contribution in [0, 0.1) is 6.92 Å². The lowest BCUT2D eigenvalue weighted by Crippen LogP contribution is -1.91. The molecule has 1 unspecified atom stereocenters. The summed E-state index contributed by atoms with van der Waals surface area (Å²) in [6, 6.07) is 8.08. The summed E-state index contributed by atoms with van der Waals surface area (Å²) in [6.45, 7) is 2.04. The zero-order valence-corrected chi connectivity index (χ0v) is 7.86. The molecule has 0 spiro atoms. The molecule has 0 aliphatic rings. The van der Waals surface area contributed by atoms with Gasteiger partial charge < -0.3 is 0 Å². The Morgan fingerprint density at radius 2 is 2.18 bits per heavy atom. The molecule has 1 aromatic rings. The van der Waals surface area contributed by atoms with Gasteiger partial charge in [-0.25, -0.2) is 0 Å².